The van der Waals surface area contributed by atoms with Gasteiger partial charge in [0.15, 0.2) is 9.84 Å². The highest BCUT2D eigenvalue weighted by Crippen LogP contribution is 2.17. The molecule has 0 unspecified atom stereocenters. The van der Waals surface area contributed by atoms with Crippen LogP contribution in [-0.2, 0) is 20.4 Å². The Bertz CT molecular complexity index is 684. The van der Waals surface area contributed by atoms with E-state index in [4.69, 9.17) is 5.26 Å². The summed E-state index contributed by atoms with van der Waals surface area (Å²) in [6, 6.07) is 8.46. The van der Waals surface area contributed by atoms with Crippen LogP contribution in [0, 0.1) is 17.2 Å². The molecule has 1 aliphatic heterocycles. The zero-order valence-electron chi connectivity index (χ0n) is 12.7. The average molecular weight is 320 g/mol. The molecule has 0 atom stereocenters. The molecule has 1 heterocycles. The van der Waals surface area contributed by atoms with E-state index in [0.29, 0.717) is 30.1 Å². The second-order valence-electron chi connectivity index (χ2n) is 5.91. The third-order valence-electron chi connectivity index (χ3n) is 3.92. The summed E-state index contributed by atoms with van der Waals surface area (Å²) in [5.74, 6) is -0.394. The van der Waals surface area contributed by atoms with Crippen molar-refractivity contribution in [2.75, 3.05) is 18.8 Å². The number of hydrogen-bond acceptors (Lipinski definition) is 4. The Morgan fingerprint density at radius 2 is 2.05 bits per heavy atom. The summed E-state index contributed by atoms with van der Waals surface area (Å²) in [5.41, 5.74) is 0.961. The Labute approximate surface area is 131 Å². The third kappa shape index (κ3) is 4.57. The standard InChI is InChI=1S/C16H20N2O3S/c1-13-5-7-18(8-6-13)16(19)12-22(20,21)11-15-4-2-3-14(9-15)10-17/h2-4,9,13H,5-8,11-12H2,1H3. The van der Waals surface area contributed by atoms with Gasteiger partial charge in [0.25, 0.3) is 0 Å². The normalized spacial score (nSPS) is 16.3. The van der Waals surface area contributed by atoms with Crippen LogP contribution in [-0.4, -0.2) is 38.1 Å². The number of benzene rings is 1. The summed E-state index contributed by atoms with van der Waals surface area (Å²) in [4.78, 5) is 13.8. The molecule has 0 aliphatic carbocycles. The summed E-state index contributed by atoms with van der Waals surface area (Å²) in [5, 5.41) is 8.84. The van der Waals surface area contributed by atoms with Gasteiger partial charge in [-0.1, -0.05) is 19.1 Å². The monoisotopic (exact) mass is 320 g/mol. The fourth-order valence-electron chi connectivity index (χ4n) is 2.57. The number of piperidine rings is 1. The lowest BCUT2D eigenvalue weighted by molar-refractivity contribution is -0.129. The van der Waals surface area contributed by atoms with Crippen molar-refractivity contribution in [1.29, 1.82) is 5.26 Å². The average Bonchev–Trinajstić information content (AvgIpc) is 2.47. The smallest absolute Gasteiger partial charge is 0.237 e. The van der Waals surface area contributed by atoms with Gasteiger partial charge in [-0.15, -0.1) is 0 Å². The van der Waals surface area contributed by atoms with Crippen molar-refractivity contribution in [2.45, 2.75) is 25.5 Å². The fraction of sp³-hybridized carbons (Fsp3) is 0.500. The van der Waals surface area contributed by atoms with Crippen LogP contribution in [0.5, 0.6) is 0 Å². The Morgan fingerprint density at radius 1 is 1.36 bits per heavy atom. The lowest BCUT2D eigenvalue weighted by Crippen LogP contribution is -2.41. The van der Waals surface area contributed by atoms with Gasteiger partial charge in [-0.05, 0) is 36.5 Å². The van der Waals surface area contributed by atoms with Crippen LogP contribution < -0.4 is 0 Å². The number of nitriles is 1. The van der Waals surface area contributed by atoms with Gasteiger partial charge < -0.3 is 4.90 Å². The predicted octanol–water partition coefficient (Wildman–Crippen LogP) is 1.73. The van der Waals surface area contributed by atoms with E-state index < -0.39 is 15.6 Å². The number of rotatable bonds is 4. The van der Waals surface area contributed by atoms with Crippen molar-refractivity contribution < 1.29 is 13.2 Å². The molecule has 118 valence electrons. The summed E-state index contributed by atoms with van der Waals surface area (Å²) in [6.45, 7) is 3.42. The summed E-state index contributed by atoms with van der Waals surface area (Å²) in [6.07, 6.45) is 1.85. The van der Waals surface area contributed by atoms with Gasteiger partial charge in [0, 0.05) is 13.1 Å². The maximum Gasteiger partial charge on any atom is 0.237 e. The molecule has 0 N–H and O–H groups in total. The molecule has 2 rings (SSSR count). The molecule has 1 aromatic carbocycles. The maximum atomic E-state index is 12.2. The van der Waals surface area contributed by atoms with Crippen molar-refractivity contribution in [3.63, 3.8) is 0 Å². The zero-order valence-corrected chi connectivity index (χ0v) is 13.5. The summed E-state index contributed by atoms with van der Waals surface area (Å²) < 4.78 is 24.4. The minimum Gasteiger partial charge on any atom is -0.342 e. The van der Waals surface area contributed by atoms with E-state index in [1.807, 2.05) is 6.07 Å². The lowest BCUT2D eigenvalue weighted by atomic mass is 9.99. The molecular formula is C16H20N2O3S. The van der Waals surface area contributed by atoms with Crippen molar-refractivity contribution >= 4 is 15.7 Å². The topological polar surface area (TPSA) is 78.2 Å². The van der Waals surface area contributed by atoms with Gasteiger partial charge in [-0.25, -0.2) is 8.42 Å². The minimum absolute atomic E-state index is 0.210. The van der Waals surface area contributed by atoms with Crippen LogP contribution >= 0.6 is 0 Å². The molecule has 6 heteroatoms. The van der Waals surface area contributed by atoms with E-state index in [0.717, 1.165) is 12.8 Å². The summed E-state index contributed by atoms with van der Waals surface area (Å²) >= 11 is 0. The summed E-state index contributed by atoms with van der Waals surface area (Å²) in [7, 11) is -3.52. The zero-order chi connectivity index (χ0) is 16.2. The molecule has 1 aromatic rings. The highest BCUT2D eigenvalue weighted by Gasteiger charge is 2.25. The number of sulfone groups is 1. The van der Waals surface area contributed by atoms with Crippen molar-refractivity contribution in [1.82, 2.24) is 4.90 Å². The van der Waals surface area contributed by atoms with E-state index in [1.54, 1.807) is 29.2 Å². The van der Waals surface area contributed by atoms with Crippen LogP contribution in [0.15, 0.2) is 24.3 Å². The van der Waals surface area contributed by atoms with E-state index in [-0.39, 0.29) is 11.7 Å². The molecule has 0 aromatic heterocycles. The first-order chi connectivity index (χ1) is 10.4. The lowest BCUT2D eigenvalue weighted by Gasteiger charge is -2.30. The van der Waals surface area contributed by atoms with Crippen molar-refractivity contribution in [3.8, 4) is 6.07 Å². The minimum atomic E-state index is -3.52. The van der Waals surface area contributed by atoms with Crippen LogP contribution in [0.4, 0.5) is 0 Å². The van der Waals surface area contributed by atoms with Gasteiger partial charge in [0.05, 0.1) is 17.4 Å². The first-order valence-electron chi connectivity index (χ1n) is 7.37. The van der Waals surface area contributed by atoms with E-state index in [2.05, 4.69) is 6.92 Å². The van der Waals surface area contributed by atoms with Crippen molar-refractivity contribution in [2.24, 2.45) is 5.92 Å². The Hall–Kier alpha value is -1.87. The largest absolute Gasteiger partial charge is 0.342 e. The number of carbonyl (C=O) groups is 1. The highest BCUT2D eigenvalue weighted by molar-refractivity contribution is 7.91. The van der Waals surface area contributed by atoms with Gasteiger partial charge in [0.2, 0.25) is 5.91 Å². The first kappa shape index (κ1) is 16.5. The quantitative estimate of drug-likeness (QED) is 0.846. The van der Waals surface area contributed by atoms with Crippen molar-refractivity contribution in [3.05, 3.63) is 35.4 Å². The van der Waals surface area contributed by atoms with E-state index in [9.17, 15) is 13.2 Å². The Kier molecular flexibility index (Phi) is 5.19. The van der Waals surface area contributed by atoms with E-state index >= 15 is 0 Å². The second kappa shape index (κ2) is 6.93. The predicted molar refractivity (Wildman–Crippen MR) is 83.6 cm³/mol. The van der Waals surface area contributed by atoms with Gasteiger partial charge in [-0.3, -0.25) is 4.79 Å². The number of likely N-dealkylation sites (tertiary alicyclic amines) is 1. The molecule has 1 amide bonds. The molecule has 0 radical (unpaired) electrons. The maximum absolute atomic E-state index is 12.2. The molecular weight excluding hydrogens is 300 g/mol. The molecule has 0 bridgehead atoms. The second-order valence-corrected chi connectivity index (χ2v) is 7.97. The number of hydrogen-bond donors (Lipinski definition) is 0. The number of carbonyl (C=O) groups excluding carboxylic acids is 1. The molecule has 1 fully saturated rings. The van der Waals surface area contributed by atoms with Crippen LogP contribution in [0.25, 0.3) is 0 Å². The molecule has 0 saturated carbocycles. The first-order valence-corrected chi connectivity index (χ1v) is 9.19. The molecule has 1 aliphatic rings. The molecule has 5 nitrogen and oxygen atoms in total. The number of amides is 1. The highest BCUT2D eigenvalue weighted by atomic mass is 32.2. The Morgan fingerprint density at radius 3 is 2.68 bits per heavy atom. The number of nitrogens with zero attached hydrogens (tertiary/aromatic N) is 2. The molecule has 0 spiro atoms. The molecule has 1 saturated heterocycles. The van der Waals surface area contributed by atoms with Crippen LogP contribution in [0.1, 0.15) is 30.9 Å². The Balaban J connectivity index is 1.98. The van der Waals surface area contributed by atoms with E-state index in [1.165, 1.54) is 0 Å². The van der Waals surface area contributed by atoms with Gasteiger partial charge in [0.1, 0.15) is 5.75 Å². The van der Waals surface area contributed by atoms with Gasteiger partial charge in [-0.2, -0.15) is 5.26 Å². The fourth-order valence-corrected chi connectivity index (χ4v) is 3.92. The van der Waals surface area contributed by atoms with Crippen LogP contribution in [0.2, 0.25) is 0 Å². The van der Waals surface area contributed by atoms with Crippen LogP contribution in [0.3, 0.4) is 0 Å². The molecule has 22 heavy (non-hydrogen) atoms. The third-order valence-corrected chi connectivity index (χ3v) is 5.38. The van der Waals surface area contributed by atoms with Gasteiger partial charge >= 0.3 is 0 Å². The SMILES string of the molecule is CC1CCN(C(=O)CS(=O)(=O)Cc2cccc(C#N)c2)CC1.